The van der Waals surface area contributed by atoms with Crippen molar-refractivity contribution in [3.8, 4) is 23.0 Å². The third-order valence-corrected chi connectivity index (χ3v) is 11.6. The Labute approximate surface area is 373 Å². The Morgan fingerprint density at radius 3 is 1.05 bits per heavy atom. The summed E-state index contributed by atoms with van der Waals surface area (Å²) in [6, 6.07) is 16.5. The first-order chi connectivity index (χ1) is 29.0. The molecule has 0 saturated heterocycles. The van der Waals surface area contributed by atoms with Gasteiger partial charge in [-0.2, -0.15) is 13.2 Å². The molecule has 2 N–H and O–H groups in total. The van der Waals surface area contributed by atoms with Crippen molar-refractivity contribution in [2.75, 3.05) is 13.2 Å². The lowest BCUT2D eigenvalue weighted by Crippen LogP contribution is -2.42. The lowest BCUT2D eigenvalue weighted by Gasteiger charge is -2.28. The molecule has 0 atom stereocenters. The van der Waals surface area contributed by atoms with Crippen LogP contribution in [0.4, 0.5) is 18.0 Å². The zero-order chi connectivity index (χ0) is 47.0. The molecule has 2 amide bonds. The third-order valence-electron chi connectivity index (χ3n) is 11.6. The van der Waals surface area contributed by atoms with Crippen LogP contribution in [0.25, 0.3) is 0 Å². The molecular formula is C53H68F3NO6. The summed E-state index contributed by atoms with van der Waals surface area (Å²) in [5, 5.41) is 13.8. The minimum atomic E-state index is -5.31. The van der Waals surface area contributed by atoms with Crippen LogP contribution in [0, 0.1) is 0 Å². The van der Waals surface area contributed by atoms with E-state index in [2.05, 4.69) is 119 Å². The Morgan fingerprint density at radius 1 is 0.508 bits per heavy atom. The smallest absolute Gasteiger partial charge is 0.471 e. The van der Waals surface area contributed by atoms with E-state index in [4.69, 9.17) is 14.2 Å². The van der Waals surface area contributed by atoms with E-state index in [1.54, 1.807) is 0 Å². The maximum absolute atomic E-state index is 13.5. The number of hydrogen-bond donors (Lipinski definition) is 2. The van der Waals surface area contributed by atoms with E-state index in [9.17, 15) is 27.9 Å². The van der Waals surface area contributed by atoms with Gasteiger partial charge in [-0.1, -0.05) is 145 Å². The van der Waals surface area contributed by atoms with Gasteiger partial charge in [0.25, 0.3) is 0 Å². The number of hydrogen-bond acceptors (Lipinski definition) is 6. The van der Waals surface area contributed by atoms with Gasteiger partial charge in [-0.05, 0) is 90.1 Å². The first-order valence-corrected chi connectivity index (χ1v) is 22.2. The summed E-state index contributed by atoms with van der Waals surface area (Å²) in [7, 11) is 0. The van der Waals surface area contributed by atoms with E-state index in [1.165, 1.54) is 5.32 Å². The summed E-state index contributed by atoms with van der Waals surface area (Å²) in [6.07, 6.45) is -4.42. The normalized spacial score (nSPS) is 13.7. The number of imide groups is 1. The van der Waals surface area contributed by atoms with Crippen LogP contribution >= 0.6 is 0 Å². The van der Waals surface area contributed by atoms with Crippen molar-refractivity contribution in [2.24, 2.45) is 0 Å². The van der Waals surface area contributed by atoms with Gasteiger partial charge in [0.15, 0.2) is 0 Å². The quantitative estimate of drug-likeness (QED) is 0.169. The second-order valence-corrected chi connectivity index (χ2v) is 21.3. The summed E-state index contributed by atoms with van der Waals surface area (Å²) in [5.41, 5.74) is 8.51. The molecule has 8 bridgehead atoms. The zero-order valence-corrected chi connectivity index (χ0v) is 39.9. The molecule has 0 fully saturated rings. The number of phenolic OH excluding ortho intramolecular Hbond substituents is 1. The van der Waals surface area contributed by atoms with E-state index in [0.29, 0.717) is 48.7 Å². The van der Waals surface area contributed by atoms with E-state index in [-0.39, 0.29) is 40.6 Å². The van der Waals surface area contributed by atoms with Gasteiger partial charge in [-0.15, -0.1) is 0 Å². The molecule has 0 aliphatic heterocycles. The number of halogens is 3. The molecule has 0 unspecified atom stereocenters. The minimum Gasteiger partial charge on any atom is -0.507 e. The number of ether oxygens (including phenoxy) is 3. The Morgan fingerprint density at radius 2 is 0.778 bits per heavy atom. The van der Waals surface area contributed by atoms with E-state index < -0.39 is 23.6 Å². The highest BCUT2D eigenvalue weighted by Crippen LogP contribution is 2.44. The van der Waals surface area contributed by atoms with Crippen molar-refractivity contribution >= 4 is 12.0 Å². The molecule has 0 saturated carbocycles. The molecule has 1 aliphatic rings. The molecule has 4 aromatic carbocycles. The summed E-state index contributed by atoms with van der Waals surface area (Å²) in [5.74, 6) is -0.917. The Kier molecular flexibility index (Phi) is 14.2. The van der Waals surface area contributed by atoms with Gasteiger partial charge in [0.1, 0.15) is 23.0 Å². The maximum Gasteiger partial charge on any atom is 0.471 e. The van der Waals surface area contributed by atoms with Gasteiger partial charge in [-0.3, -0.25) is 10.1 Å². The van der Waals surface area contributed by atoms with Gasteiger partial charge < -0.3 is 19.3 Å². The standard InChI is InChI=1S/C53H68F3NO6/c1-15-17-61-44-33-19-31-23-39(49(3,4)5)24-32(43(31)58)20-34-26-41(51(9,10)11)28-36(45(34)62-18-16-2)22-38-30-42(52(12,13)14)29-37(21-35(44)27-40(25-33)50(6,7)8)46(38)63-48(60)57-47(59)53(54,55)56/h23-30,58H,15-22H2,1-14H3,(H,57,59,60). The minimum absolute atomic E-state index is 0.0496. The lowest BCUT2D eigenvalue weighted by atomic mass is 9.79. The SMILES string of the molecule is CCCOc1c2cc(C(C)(C)C)cc1Cc1cc(C(C)(C)C)cc(c1OC(=O)NC(=O)C(F)(F)F)Cc1cc(C(C)(C)C)cc(c1OCCC)Cc1cc(C(C)(C)C)cc(c1O)C2. The Hall–Kier alpha value is -4.99. The van der Waals surface area contributed by atoms with E-state index in [1.807, 2.05) is 26.0 Å². The predicted molar refractivity (Wildman–Crippen MR) is 245 cm³/mol. The van der Waals surface area contributed by atoms with Crippen molar-refractivity contribution in [3.05, 3.63) is 115 Å². The number of benzene rings is 4. The molecule has 1 aliphatic carbocycles. The number of carbonyl (C=O) groups is 2. The third kappa shape index (κ3) is 11.8. The second kappa shape index (κ2) is 18.2. The van der Waals surface area contributed by atoms with Gasteiger partial charge in [0.05, 0.1) is 13.2 Å². The molecule has 0 aromatic heterocycles. The van der Waals surface area contributed by atoms with Gasteiger partial charge in [0.2, 0.25) is 0 Å². The molecule has 0 radical (unpaired) electrons. The van der Waals surface area contributed by atoms with Crippen LogP contribution in [0.2, 0.25) is 0 Å². The van der Waals surface area contributed by atoms with Crippen molar-refractivity contribution in [2.45, 2.75) is 163 Å². The number of rotatable bonds is 7. The van der Waals surface area contributed by atoms with Crippen LogP contribution < -0.4 is 19.5 Å². The van der Waals surface area contributed by atoms with Crippen molar-refractivity contribution in [1.82, 2.24) is 5.32 Å². The van der Waals surface area contributed by atoms with Crippen LogP contribution in [0.3, 0.4) is 0 Å². The fourth-order valence-electron chi connectivity index (χ4n) is 7.83. The molecule has 5 rings (SSSR count). The zero-order valence-electron chi connectivity index (χ0n) is 39.9. The molecule has 7 nitrogen and oxygen atoms in total. The van der Waals surface area contributed by atoms with Crippen LogP contribution in [0.5, 0.6) is 23.0 Å². The summed E-state index contributed by atoms with van der Waals surface area (Å²) in [4.78, 5) is 25.6. The fourth-order valence-corrected chi connectivity index (χ4v) is 7.83. The second-order valence-electron chi connectivity index (χ2n) is 21.3. The van der Waals surface area contributed by atoms with Crippen molar-refractivity contribution in [1.29, 1.82) is 0 Å². The van der Waals surface area contributed by atoms with Gasteiger partial charge in [-0.25, -0.2) is 4.79 Å². The summed E-state index contributed by atoms with van der Waals surface area (Å²) >= 11 is 0. The Balaban J connectivity index is 1.99. The summed E-state index contributed by atoms with van der Waals surface area (Å²) < 4.78 is 59.8. The number of nitrogens with one attached hydrogen (secondary N) is 1. The van der Waals surface area contributed by atoms with E-state index >= 15 is 0 Å². The molecule has 0 heterocycles. The number of fused-ring (bicyclic) bond motifs is 8. The number of aromatic hydroxyl groups is 1. The van der Waals surface area contributed by atoms with Gasteiger partial charge in [0, 0.05) is 36.8 Å². The number of amides is 2. The maximum atomic E-state index is 13.5. The monoisotopic (exact) mass is 871 g/mol. The number of carbonyl (C=O) groups excluding carboxylic acids is 2. The molecule has 0 spiro atoms. The molecule has 63 heavy (non-hydrogen) atoms. The fraction of sp³-hybridized carbons (Fsp3) is 0.509. The first-order valence-electron chi connectivity index (χ1n) is 22.2. The highest BCUT2D eigenvalue weighted by Gasteiger charge is 2.40. The summed E-state index contributed by atoms with van der Waals surface area (Å²) in [6.45, 7) is 30.3. The largest absolute Gasteiger partial charge is 0.507 e. The molecule has 342 valence electrons. The van der Waals surface area contributed by atoms with Gasteiger partial charge >= 0.3 is 18.2 Å². The van der Waals surface area contributed by atoms with E-state index in [0.717, 1.165) is 68.5 Å². The van der Waals surface area contributed by atoms with Crippen LogP contribution in [0.15, 0.2) is 48.5 Å². The lowest BCUT2D eigenvalue weighted by molar-refractivity contribution is -0.172. The van der Waals surface area contributed by atoms with Crippen LogP contribution in [0.1, 0.15) is 177 Å². The van der Waals surface area contributed by atoms with Crippen LogP contribution in [-0.4, -0.2) is 36.5 Å². The van der Waals surface area contributed by atoms with Crippen molar-refractivity contribution in [3.63, 3.8) is 0 Å². The molecular weight excluding hydrogens is 804 g/mol. The predicted octanol–water partition coefficient (Wildman–Crippen LogP) is 13.0. The van der Waals surface area contributed by atoms with Crippen LogP contribution in [-0.2, 0) is 52.1 Å². The molecule has 4 aromatic rings. The average molecular weight is 872 g/mol. The Bertz CT molecular complexity index is 2230. The number of alkyl halides is 3. The first kappa shape index (κ1) is 49.0. The average Bonchev–Trinajstić information content (AvgIpc) is 3.14. The van der Waals surface area contributed by atoms with Crippen molar-refractivity contribution < 1.29 is 42.1 Å². The highest BCUT2D eigenvalue weighted by molar-refractivity contribution is 5.95. The topological polar surface area (TPSA) is 94.1 Å². The highest BCUT2D eigenvalue weighted by atomic mass is 19.4. The number of phenols is 1. The molecule has 10 heteroatoms.